The smallest absolute Gasteiger partial charge is 0.337 e. The number of aromatic carboxylic acids is 1. The Morgan fingerprint density at radius 3 is 2.35 bits per heavy atom. The molecule has 0 saturated carbocycles. The van der Waals surface area contributed by atoms with Crippen molar-refractivity contribution in [1.29, 1.82) is 0 Å². The molecule has 0 fully saturated rings. The summed E-state index contributed by atoms with van der Waals surface area (Å²) in [6, 6.07) is 8.98. The highest BCUT2D eigenvalue weighted by Crippen LogP contribution is 2.39. The van der Waals surface area contributed by atoms with Gasteiger partial charge in [0.15, 0.2) is 11.5 Å². The molecule has 2 aromatic carbocycles. The Hall–Kier alpha value is -2.97. The molecule has 0 aliphatic rings. The van der Waals surface area contributed by atoms with Gasteiger partial charge in [-0.05, 0) is 12.1 Å². The van der Waals surface area contributed by atoms with Gasteiger partial charge in [-0.3, -0.25) is 0 Å². The minimum atomic E-state index is -1.09. The maximum atomic E-state index is 11.2. The number of aromatic hydroxyl groups is 2. The number of ether oxygens (including phenoxy) is 3. The summed E-state index contributed by atoms with van der Waals surface area (Å²) in [5.74, 6) is -1.72. The summed E-state index contributed by atoms with van der Waals surface area (Å²) in [5.41, 5.74) is 0.719. The number of rotatable bonds is 10. The van der Waals surface area contributed by atoms with Crippen LogP contribution in [0.2, 0.25) is 0 Å². The highest BCUT2D eigenvalue weighted by Gasteiger charge is 2.14. The summed E-state index contributed by atoms with van der Waals surface area (Å²) in [6.45, 7) is 1.30. The number of anilines is 2. The van der Waals surface area contributed by atoms with E-state index in [0.29, 0.717) is 24.6 Å². The lowest BCUT2D eigenvalue weighted by molar-refractivity contribution is 0.0535. The molecule has 8 nitrogen and oxygen atoms in total. The fraction of sp³-hybridized carbons (Fsp3) is 0.278. The van der Waals surface area contributed by atoms with Crippen LogP contribution in [0.3, 0.4) is 0 Å². The number of hydrogen-bond donors (Lipinski definition) is 4. The second-order valence-electron chi connectivity index (χ2n) is 5.27. The van der Waals surface area contributed by atoms with Crippen LogP contribution in [0.1, 0.15) is 10.4 Å². The SMILES string of the molecule is COCCOCCOc1c(O)cc(Nc2ccccc2C(=O)O)cc1O. The average molecular weight is 363 g/mol. The van der Waals surface area contributed by atoms with Crippen LogP contribution in [0.25, 0.3) is 0 Å². The second kappa shape index (κ2) is 9.50. The van der Waals surface area contributed by atoms with E-state index >= 15 is 0 Å². The van der Waals surface area contributed by atoms with Gasteiger partial charge < -0.3 is 34.8 Å². The fourth-order valence-electron chi connectivity index (χ4n) is 2.20. The number of hydrogen-bond acceptors (Lipinski definition) is 7. The molecule has 0 radical (unpaired) electrons. The molecule has 0 aromatic heterocycles. The van der Waals surface area contributed by atoms with Crippen molar-refractivity contribution < 1.29 is 34.3 Å². The van der Waals surface area contributed by atoms with Gasteiger partial charge in [-0.2, -0.15) is 0 Å². The van der Waals surface area contributed by atoms with Crippen LogP contribution in [0.15, 0.2) is 36.4 Å². The molecule has 0 spiro atoms. The molecule has 2 rings (SSSR count). The number of methoxy groups -OCH3 is 1. The molecule has 0 atom stereocenters. The Balaban J connectivity index is 2.04. The summed E-state index contributed by atoms with van der Waals surface area (Å²) in [6.07, 6.45) is 0. The molecular formula is C18H21NO7. The van der Waals surface area contributed by atoms with E-state index in [1.165, 1.54) is 18.2 Å². The first-order chi connectivity index (χ1) is 12.5. The quantitative estimate of drug-likeness (QED) is 0.476. The van der Waals surface area contributed by atoms with Crippen LogP contribution in [0.5, 0.6) is 17.2 Å². The van der Waals surface area contributed by atoms with Gasteiger partial charge in [0.2, 0.25) is 5.75 Å². The van der Waals surface area contributed by atoms with Crippen LogP contribution in [-0.2, 0) is 9.47 Å². The monoisotopic (exact) mass is 363 g/mol. The standard InChI is InChI=1S/C18H21NO7/c1-24-6-7-25-8-9-26-17-15(20)10-12(11-16(17)21)19-14-5-3-2-4-13(14)18(22)23/h2-5,10-11,19-21H,6-9H2,1H3,(H,22,23). The van der Waals surface area contributed by atoms with Crippen LogP contribution < -0.4 is 10.1 Å². The van der Waals surface area contributed by atoms with E-state index in [-0.39, 0.29) is 36.0 Å². The Bertz CT molecular complexity index is 725. The third-order valence-corrected chi connectivity index (χ3v) is 3.39. The van der Waals surface area contributed by atoms with E-state index in [1.807, 2.05) is 0 Å². The number of carboxylic acid groups (broad SMARTS) is 1. The zero-order chi connectivity index (χ0) is 18.9. The summed E-state index contributed by atoms with van der Waals surface area (Å²) in [7, 11) is 1.57. The van der Waals surface area contributed by atoms with Gasteiger partial charge in [0.05, 0.1) is 31.1 Å². The fourth-order valence-corrected chi connectivity index (χ4v) is 2.20. The maximum absolute atomic E-state index is 11.2. The summed E-state index contributed by atoms with van der Waals surface area (Å²) in [5, 5.41) is 32.2. The van der Waals surface area contributed by atoms with Crippen molar-refractivity contribution in [3.63, 3.8) is 0 Å². The molecule has 0 aliphatic carbocycles. The van der Waals surface area contributed by atoms with E-state index in [4.69, 9.17) is 14.2 Å². The first-order valence-electron chi connectivity index (χ1n) is 7.87. The number of phenolic OH excluding ortho intramolecular Hbond substituents is 2. The third-order valence-electron chi connectivity index (χ3n) is 3.39. The molecule has 4 N–H and O–H groups in total. The van der Waals surface area contributed by atoms with Gasteiger partial charge >= 0.3 is 5.97 Å². The number of para-hydroxylation sites is 1. The van der Waals surface area contributed by atoms with Crippen LogP contribution >= 0.6 is 0 Å². The average Bonchev–Trinajstić information content (AvgIpc) is 2.60. The molecule has 0 aliphatic heterocycles. The van der Waals surface area contributed by atoms with Gasteiger partial charge in [0.1, 0.15) is 6.61 Å². The molecule has 0 amide bonds. The molecule has 0 saturated heterocycles. The minimum absolute atomic E-state index is 0.0695. The minimum Gasteiger partial charge on any atom is -0.504 e. The maximum Gasteiger partial charge on any atom is 0.337 e. The topological polar surface area (TPSA) is 117 Å². The Labute approximate surface area is 150 Å². The Morgan fingerprint density at radius 1 is 1.04 bits per heavy atom. The molecule has 0 heterocycles. The molecule has 26 heavy (non-hydrogen) atoms. The molecule has 0 unspecified atom stereocenters. The van der Waals surface area contributed by atoms with Crippen LogP contribution in [-0.4, -0.2) is 54.8 Å². The Morgan fingerprint density at radius 2 is 1.69 bits per heavy atom. The van der Waals surface area contributed by atoms with Crippen molar-refractivity contribution in [3.8, 4) is 17.2 Å². The second-order valence-corrected chi connectivity index (χ2v) is 5.27. The lowest BCUT2D eigenvalue weighted by Gasteiger charge is -2.14. The number of phenols is 2. The largest absolute Gasteiger partial charge is 0.504 e. The first kappa shape index (κ1) is 19.4. The van der Waals surface area contributed by atoms with E-state index in [0.717, 1.165) is 0 Å². The van der Waals surface area contributed by atoms with Crippen LogP contribution in [0.4, 0.5) is 11.4 Å². The zero-order valence-electron chi connectivity index (χ0n) is 14.3. The first-order valence-corrected chi connectivity index (χ1v) is 7.87. The van der Waals surface area contributed by atoms with Crippen molar-refractivity contribution in [1.82, 2.24) is 0 Å². The van der Waals surface area contributed by atoms with Crippen molar-refractivity contribution in [2.75, 3.05) is 38.9 Å². The third kappa shape index (κ3) is 5.27. The van der Waals surface area contributed by atoms with E-state index in [2.05, 4.69) is 5.32 Å². The van der Waals surface area contributed by atoms with E-state index in [1.54, 1.807) is 25.3 Å². The number of carboxylic acids is 1. The molecule has 2 aromatic rings. The van der Waals surface area contributed by atoms with E-state index < -0.39 is 5.97 Å². The highest BCUT2D eigenvalue weighted by molar-refractivity contribution is 5.95. The van der Waals surface area contributed by atoms with Gasteiger partial charge in [-0.15, -0.1) is 0 Å². The van der Waals surface area contributed by atoms with Crippen molar-refractivity contribution in [2.45, 2.75) is 0 Å². The number of benzene rings is 2. The molecule has 8 heteroatoms. The van der Waals surface area contributed by atoms with Crippen LogP contribution in [0, 0.1) is 0 Å². The lowest BCUT2D eigenvalue weighted by Crippen LogP contribution is -2.10. The van der Waals surface area contributed by atoms with Gasteiger partial charge in [0.25, 0.3) is 0 Å². The Kier molecular flexibility index (Phi) is 7.07. The molecular weight excluding hydrogens is 342 g/mol. The predicted molar refractivity (Wildman–Crippen MR) is 94.6 cm³/mol. The number of carbonyl (C=O) groups is 1. The van der Waals surface area contributed by atoms with Gasteiger partial charge in [-0.25, -0.2) is 4.79 Å². The normalized spacial score (nSPS) is 10.5. The van der Waals surface area contributed by atoms with Gasteiger partial charge in [0, 0.05) is 24.9 Å². The van der Waals surface area contributed by atoms with Gasteiger partial charge in [-0.1, -0.05) is 12.1 Å². The summed E-state index contributed by atoms with van der Waals surface area (Å²) >= 11 is 0. The summed E-state index contributed by atoms with van der Waals surface area (Å²) < 4.78 is 15.4. The van der Waals surface area contributed by atoms with Crippen molar-refractivity contribution >= 4 is 17.3 Å². The molecule has 0 bridgehead atoms. The van der Waals surface area contributed by atoms with Crippen molar-refractivity contribution in [3.05, 3.63) is 42.0 Å². The molecule has 140 valence electrons. The highest BCUT2D eigenvalue weighted by atomic mass is 16.5. The predicted octanol–water partition coefficient (Wildman–Crippen LogP) is 2.58. The number of nitrogens with one attached hydrogen (secondary N) is 1. The lowest BCUT2D eigenvalue weighted by atomic mass is 10.1. The van der Waals surface area contributed by atoms with E-state index in [9.17, 15) is 20.1 Å². The zero-order valence-corrected chi connectivity index (χ0v) is 14.3. The summed E-state index contributed by atoms with van der Waals surface area (Å²) in [4.78, 5) is 11.2. The van der Waals surface area contributed by atoms with Crippen molar-refractivity contribution in [2.24, 2.45) is 0 Å².